The lowest BCUT2D eigenvalue weighted by molar-refractivity contribution is 0.338. The summed E-state index contributed by atoms with van der Waals surface area (Å²) in [4.78, 5) is 10.4. The maximum absolute atomic E-state index is 10.4. The maximum Gasteiger partial charge on any atom is 0.522 e. The third-order valence-corrected chi connectivity index (χ3v) is 1.14. The summed E-state index contributed by atoms with van der Waals surface area (Å²) in [6, 6.07) is 0. The second-order valence-corrected chi connectivity index (χ2v) is 1.84. The summed E-state index contributed by atoms with van der Waals surface area (Å²) < 4.78 is 13.6. The molecule has 0 radical (unpaired) electrons. The predicted molar refractivity (Wildman–Crippen MR) is 29.5 cm³/mol. The fourth-order valence-corrected chi connectivity index (χ4v) is 0.701. The fraction of sp³-hybridized carbons (Fsp3) is 0.200. The lowest BCUT2D eigenvalue weighted by atomic mass is 10.5. The van der Waals surface area contributed by atoms with Crippen molar-refractivity contribution in [3.63, 3.8) is 0 Å². The van der Waals surface area contributed by atoms with E-state index in [1.807, 2.05) is 0 Å². The largest absolute Gasteiger partial charge is 0.522 e. The quantitative estimate of drug-likeness (QED) is 0.539. The lowest BCUT2D eigenvalue weighted by Crippen LogP contribution is -1.85. The average molecular weight is 141 g/mol. The van der Waals surface area contributed by atoms with Crippen molar-refractivity contribution >= 4 is 11.4 Å². The van der Waals surface area contributed by atoms with E-state index >= 15 is 0 Å². The number of nitrogens with zero attached hydrogens (tertiary/aromatic N) is 1. The van der Waals surface area contributed by atoms with Crippen LogP contribution in [0.4, 0.5) is 0 Å². The van der Waals surface area contributed by atoms with Crippen LogP contribution in [0.1, 0.15) is 5.69 Å². The smallest absolute Gasteiger partial charge is 0.385 e. The number of aromatic nitrogens is 1. The zero-order chi connectivity index (χ0) is 7.14. The SMILES string of the molecule is Cc1noc2oc(=O)oc12. The highest BCUT2D eigenvalue weighted by atomic mass is 16.6. The van der Waals surface area contributed by atoms with Gasteiger partial charge in [-0.3, -0.25) is 0 Å². The summed E-state index contributed by atoms with van der Waals surface area (Å²) >= 11 is 0. The molecular weight excluding hydrogens is 138 g/mol. The summed E-state index contributed by atoms with van der Waals surface area (Å²) in [5.74, 6) is -0.721. The molecule has 0 saturated heterocycles. The van der Waals surface area contributed by atoms with E-state index in [1.165, 1.54) is 0 Å². The molecule has 10 heavy (non-hydrogen) atoms. The average Bonchev–Trinajstić information content (AvgIpc) is 2.35. The van der Waals surface area contributed by atoms with Crippen LogP contribution in [-0.2, 0) is 0 Å². The molecule has 52 valence electrons. The van der Waals surface area contributed by atoms with Crippen molar-refractivity contribution < 1.29 is 13.4 Å². The number of hydrogen-bond acceptors (Lipinski definition) is 5. The van der Waals surface area contributed by atoms with E-state index in [1.54, 1.807) is 6.92 Å². The highest BCUT2D eigenvalue weighted by Crippen LogP contribution is 2.14. The minimum atomic E-state index is -0.765. The molecular formula is C5H3NO4. The van der Waals surface area contributed by atoms with Gasteiger partial charge in [-0.2, -0.15) is 0 Å². The third-order valence-electron chi connectivity index (χ3n) is 1.14. The first-order chi connectivity index (χ1) is 4.77. The summed E-state index contributed by atoms with van der Waals surface area (Å²) in [5, 5.41) is 3.50. The Labute approximate surface area is 54.2 Å². The Morgan fingerprint density at radius 3 is 2.90 bits per heavy atom. The number of aryl methyl sites for hydroxylation is 1. The van der Waals surface area contributed by atoms with Gasteiger partial charge in [-0.15, -0.1) is 0 Å². The Morgan fingerprint density at radius 1 is 1.40 bits per heavy atom. The second kappa shape index (κ2) is 1.50. The van der Waals surface area contributed by atoms with Crippen LogP contribution >= 0.6 is 0 Å². The van der Waals surface area contributed by atoms with Crippen LogP contribution in [0, 0.1) is 6.92 Å². The molecule has 0 aliphatic heterocycles. The van der Waals surface area contributed by atoms with Crippen LogP contribution in [0.5, 0.6) is 0 Å². The molecule has 0 saturated carbocycles. The molecule has 5 nitrogen and oxygen atoms in total. The number of rotatable bonds is 0. The van der Waals surface area contributed by atoms with E-state index in [-0.39, 0.29) is 11.4 Å². The van der Waals surface area contributed by atoms with Crippen molar-refractivity contribution in [1.82, 2.24) is 5.16 Å². The van der Waals surface area contributed by atoms with Crippen LogP contribution in [0.3, 0.4) is 0 Å². The van der Waals surface area contributed by atoms with E-state index in [2.05, 4.69) is 18.5 Å². The van der Waals surface area contributed by atoms with Gasteiger partial charge in [0.2, 0.25) is 5.58 Å². The number of hydrogen-bond donors (Lipinski definition) is 0. The summed E-state index contributed by atoms with van der Waals surface area (Å²) in [6.07, 6.45) is 0. The van der Waals surface area contributed by atoms with Gasteiger partial charge in [0, 0.05) is 0 Å². The first kappa shape index (κ1) is 5.28. The van der Waals surface area contributed by atoms with Gasteiger partial charge in [-0.05, 0) is 6.92 Å². The van der Waals surface area contributed by atoms with Crippen molar-refractivity contribution in [2.45, 2.75) is 6.92 Å². The van der Waals surface area contributed by atoms with Crippen LogP contribution in [0.2, 0.25) is 0 Å². The minimum Gasteiger partial charge on any atom is -0.385 e. The Kier molecular flexibility index (Phi) is 0.791. The molecule has 2 aromatic heterocycles. The van der Waals surface area contributed by atoms with E-state index < -0.39 is 5.82 Å². The standard InChI is InChI=1S/C5H3NO4/c1-2-3-4(10-6-2)9-5(7)8-3/h1H3. The second-order valence-electron chi connectivity index (χ2n) is 1.84. The Balaban J connectivity index is 3.03. The van der Waals surface area contributed by atoms with Gasteiger partial charge in [0.05, 0.1) is 0 Å². The van der Waals surface area contributed by atoms with Gasteiger partial charge < -0.3 is 13.4 Å². The maximum atomic E-state index is 10.4. The molecule has 0 unspecified atom stereocenters. The van der Waals surface area contributed by atoms with E-state index in [9.17, 15) is 4.79 Å². The highest BCUT2D eigenvalue weighted by Gasteiger charge is 2.11. The van der Waals surface area contributed by atoms with Crippen molar-refractivity contribution in [1.29, 1.82) is 0 Å². The molecule has 0 atom stereocenters. The number of fused-ring (bicyclic) bond motifs is 1. The molecule has 0 aliphatic carbocycles. The molecule has 0 spiro atoms. The van der Waals surface area contributed by atoms with Crippen molar-refractivity contribution in [3.05, 3.63) is 16.3 Å². The van der Waals surface area contributed by atoms with Gasteiger partial charge in [-0.1, -0.05) is 5.16 Å². The van der Waals surface area contributed by atoms with E-state index in [4.69, 9.17) is 0 Å². The minimum absolute atomic E-state index is 0.0440. The monoisotopic (exact) mass is 141 g/mol. The van der Waals surface area contributed by atoms with E-state index in [0.717, 1.165) is 0 Å². The Bertz CT molecular complexity index is 406. The first-order valence-electron chi connectivity index (χ1n) is 2.63. The van der Waals surface area contributed by atoms with Crippen LogP contribution in [0.25, 0.3) is 11.4 Å². The van der Waals surface area contributed by atoms with Gasteiger partial charge in [0.1, 0.15) is 5.69 Å². The lowest BCUT2D eigenvalue weighted by Gasteiger charge is -1.68. The molecule has 2 aromatic rings. The van der Waals surface area contributed by atoms with Crippen molar-refractivity contribution in [2.24, 2.45) is 0 Å². The highest BCUT2D eigenvalue weighted by molar-refractivity contribution is 5.64. The van der Waals surface area contributed by atoms with Gasteiger partial charge in [0.15, 0.2) is 0 Å². The Morgan fingerprint density at radius 2 is 2.20 bits per heavy atom. The zero-order valence-corrected chi connectivity index (χ0v) is 5.08. The third kappa shape index (κ3) is 0.513. The summed E-state index contributed by atoms with van der Waals surface area (Å²) in [7, 11) is 0. The normalized spacial score (nSPS) is 10.9. The summed E-state index contributed by atoms with van der Waals surface area (Å²) in [6.45, 7) is 1.66. The summed E-state index contributed by atoms with van der Waals surface area (Å²) in [5.41, 5.74) is 0.797. The Hall–Kier alpha value is -1.52. The first-order valence-corrected chi connectivity index (χ1v) is 2.63. The van der Waals surface area contributed by atoms with Gasteiger partial charge >= 0.3 is 11.6 Å². The molecule has 0 aromatic carbocycles. The molecule has 0 N–H and O–H groups in total. The van der Waals surface area contributed by atoms with Crippen LogP contribution in [0.15, 0.2) is 18.2 Å². The molecule has 0 amide bonds. The predicted octanol–water partition coefficient (Wildman–Crippen LogP) is 0.682. The topological polar surface area (TPSA) is 69.4 Å². The molecule has 2 heterocycles. The van der Waals surface area contributed by atoms with Crippen molar-refractivity contribution in [2.75, 3.05) is 0 Å². The zero-order valence-electron chi connectivity index (χ0n) is 5.08. The molecule has 2 rings (SSSR count). The van der Waals surface area contributed by atoms with Crippen LogP contribution < -0.4 is 5.82 Å². The van der Waals surface area contributed by atoms with Gasteiger partial charge in [0.25, 0.3) is 0 Å². The molecule has 0 aliphatic rings. The molecule has 0 fully saturated rings. The van der Waals surface area contributed by atoms with E-state index in [0.29, 0.717) is 5.69 Å². The molecule has 5 heteroatoms. The van der Waals surface area contributed by atoms with Gasteiger partial charge in [-0.25, -0.2) is 4.79 Å². The van der Waals surface area contributed by atoms with Crippen molar-refractivity contribution in [3.8, 4) is 0 Å². The van der Waals surface area contributed by atoms with Crippen LogP contribution in [-0.4, -0.2) is 5.16 Å². The molecule has 0 bridgehead atoms. The fourth-order valence-electron chi connectivity index (χ4n) is 0.701.